The summed E-state index contributed by atoms with van der Waals surface area (Å²) in [6, 6.07) is 5.91. The minimum atomic E-state index is -0.0864. The van der Waals surface area contributed by atoms with Gasteiger partial charge in [-0.15, -0.1) is 10.2 Å². The lowest BCUT2D eigenvalue weighted by Crippen LogP contribution is -2.03. The summed E-state index contributed by atoms with van der Waals surface area (Å²) >= 11 is 13.9. The topological polar surface area (TPSA) is 50.9 Å². The number of hydrogen-bond donors (Lipinski definition) is 1. The highest BCUT2D eigenvalue weighted by Gasteiger charge is 2.29. The monoisotopic (exact) mass is 329 g/mol. The first-order valence-electron chi connectivity index (χ1n) is 6.31. The van der Waals surface area contributed by atoms with Gasteiger partial charge in [0.05, 0.1) is 0 Å². The van der Waals surface area contributed by atoms with Crippen molar-refractivity contribution in [3.05, 3.63) is 39.6 Å². The third-order valence-electron chi connectivity index (χ3n) is 3.20. The van der Waals surface area contributed by atoms with Crippen LogP contribution < -0.4 is 0 Å². The van der Waals surface area contributed by atoms with Crippen molar-refractivity contribution in [2.75, 3.05) is 0 Å². The Labute approximate surface area is 131 Å². The molecule has 106 valence electrons. The van der Waals surface area contributed by atoms with E-state index in [1.54, 1.807) is 11.8 Å². The van der Waals surface area contributed by atoms with E-state index in [2.05, 4.69) is 10.2 Å². The molecule has 1 fully saturated rings. The first-order chi connectivity index (χ1) is 9.70. The maximum Gasteiger partial charge on any atom is 0.191 e. The normalized spacial score (nSPS) is 14.8. The van der Waals surface area contributed by atoms with Crippen LogP contribution in [0.1, 0.15) is 30.3 Å². The van der Waals surface area contributed by atoms with E-state index < -0.39 is 0 Å². The minimum Gasteiger partial charge on any atom is -0.388 e. The molecular weight excluding hydrogens is 317 g/mol. The highest BCUT2D eigenvalue weighted by Crippen LogP contribution is 2.40. The average Bonchev–Trinajstić information content (AvgIpc) is 3.19. The number of aromatic nitrogens is 3. The number of rotatable bonds is 5. The molecule has 1 saturated carbocycles. The Kier molecular flexibility index (Phi) is 4.21. The van der Waals surface area contributed by atoms with Gasteiger partial charge in [0.15, 0.2) is 11.0 Å². The van der Waals surface area contributed by atoms with E-state index >= 15 is 0 Å². The summed E-state index contributed by atoms with van der Waals surface area (Å²) < 4.78 is 2.02. The quantitative estimate of drug-likeness (QED) is 0.849. The summed E-state index contributed by atoms with van der Waals surface area (Å²) in [6.07, 6.45) is 2.23. The molecule has 0 radical (unpaired) electrons. The van der Waals surface area contributed by atoms with E-state index in [0.717, 1.165) is 23.6 Å². The van der Waals surface area contributed by atoms with Crippen molar-refractivity contribution >= 4 is 35.0 Å². The third-order valence-corrected chi connectivity index (χ3v) is 4.87. The SMILES string of the molecule is OCc1nnc(SCc2c(Cl)cccc2Cl)n1C1CC1. The van der Waals surface area contributed by atoms with Crippen LogP contribution in [0, 0.1) is 0 Å². The summed E-state index contributed by atoms with van der Waals surface area (Å²) in [5, 5.41) is 19.6. The highest BCUT2D eigenvalue weighted by atomic mass is 35.5. The smallest absolute Gasteiger partial charge is 0.191 e. The number of aliphatic hydroxyl groups is 1. The van der Waals surface area contributed by atoms with Gasteiger partial charge in [0, 0.05) is 21.8 Å². The fourth-order valence-electron chi connectivity index (χ4n) is 2.02. The summed E-state index contributed by atoms with van der Waals surface area (Å²) in [7, 11) is 0. The highest BCUT2D eigenvalue weighted by molar-refractivity contribution is 7.98. The van der Waals surface area contributed by atoms with Gasteiger partial charge in [-0.25, -0.2) is 0 Å². The van der Waals surface area contributed by atoms with Crippen LogP contribution in [0.25, 0.3) is 0 Å². The molecule has 0 bridgehead atoms. The largest absolute Gasteiger partial charge is 0.388 e. The number of benzene rings is 1. The van der Waals surface area contributed by atoms with Gasteiger partial charge in [-0.1, -0.05) is 41.0 Å². The molecule has 1 aromatic carbocycles. The van der Waals surface area contributed by atoms with Crippen LogP contribution in [0.5, 0.6) is 0 Å². The maximum atomic E-state index is 9.31. The summed E-state index contributed by atoms with van der Waals surface area (Å²) in [5.74, 6) is 1.26. The van der Waals surface area contributed by atoms with E-state index in [0.29, 0.717) is 27.7 Å². The Balaban J connectivity index is 1.80. The van der Waals surface area contributed by atoms with Crippen LogP contribution in [-0.2, 0) is 12.4 Å². The third kappa shape index (κ3) is 2.81. The first-order valence-corrected chi connectivity index (χ1v) is 8.05. The average molecular weight is 330 g/mol. The summed E-state index contributed by atoms with van der Waals surface area (Å²) in [6.45, 7) is -0.0864. The van der Waals surface area contributed by atoms with Gasteiger partial charge < -0.3 is 9.67 Å². The molecule has 2 aromatic rings. The Morgan fingerprint density at radius 2 is 1.95 bits per heavy atom. The lowest BCUT2D eigenvalue weighted by atomic mass is 10.2. The van der Waals surface area contributed by atoms with Crippen molar-refractivity contribution in [3.63, 3.8) is 0 Å². The van der Waals surface area contributed by atoms with Gasteiger partial charge >= 0.3 is 0 Å². The van der Waals surface area contributed by atoms with Crippen molar-refractivity contribution < 1.29 is 5.11 Å². The Hall–Kier alpha value is -0.750. The maximum absolute atomic E-state index is 9.31. The Morgan fingerprint density at radius 1 is 1.25 bits per heavy atom. The molecule has 0 aliphatic heterocycles. The second kappa shape index (κ2) is 5.93. The summed E-state index contributed by atoms with van der Waals surface area (Å²) in [4.78, 5) is 0. The fourth-order valence-corrected chi connectivity index (χ4v) is 3.79. The number of halogens is 2. The molecule has 1 N–H and O–H groups in total. The van der Waals surface area contributed by atoms with Crippen LogP contribution >= 0.6 is 35.0 Å². The molecule has 4 nitrogen and oxygen atoms in total. The molecule has 7 heteroatoms. The van der Waals surface area contributed by atoms with Crippen LogP contribution in [0.15, 0.2) is 23.4 Å². The van der Waals surface area contributed by atoms with E-state index in [9.17, 15) is 5.11 Å². The second-order valence-corrected chi connectivity index (χ2v) is 6.40. The standard InChI is InChI=1S/C13H13Cl2N3OS/c14-10-2-1-3-11(15)9(10)7-20-13-17-16-12(6-19)18(13)8-4-5-8/h1-3,8,19H,4-7H2. The van der Waals surface area contributed by atoms with E-state index in [1.165, 1.54) is 0 Å². The first kappa shape index (κ1) is 14.2. The molecule has 1 aromatic heterocycles. The van der Waals surface area contributed by atoms with Crippen LogP contribution in [-0.4, -0.2) is 19.9 Å². The number of aliphatic hydroxyl groups excluding tert-OH is 1. The Bertz CT molecular complexity index is 608. The minimum absolute atomic E-state index is 0.0864. The van der Waals surface area contributed by atoms with Crippen LogP contribution in [0.2, 0.25) is 10.0 Å². The molecule has 1 heterocycles. The molecular formula is C13H13Cl2N3OS. The zero-order valence-electron chi connectivity index (χ0n) is 10.6. The summed E-state index contributed by atoms with van der Waals surface area (Å²) in [5.41, 5.74) is 0.900. The number of nitrogens with zero attached hydrogens (tertiary/aromatic N) is 3. The zero-order chi connectivity index (χ0) is 14.1. The lowest BCUT2D eigenvalue weighted by molar-refractivity contribution is 0.263. The molecule has 0 spiro atoms. The molecule has 0 saturated heterocycles. The van der Waals surface area contributed by atoms with Gasteiger partial charge in [0.25, 0.3) is 0 Å². The zero-order valence-corrected chi connectivity index (χ0v) is 12.9. The second-order valence-electron chi connectivity index (χ2n) is 4.65. The molecule has 3 rings (SSSR count). The van der Waals surface area contributed by atoms with Crippen molar-refractivity contribution in [1.82, 2.24) is 14.8 Å². The van der Waals surface area contributed by atoms with Crippen molar-refractivity contribution in [1.29, 1.82) is 0 Å². The molecule has 0 amide bonds. The lowest BCUT2D eigenvalue weighted by Gasteiger charge is -2.09. The van der Waals surface area contributed by atoms with E-state index in [1.807, 2.05) is 22.8 Å². The van der Waals surface area contributed by atoms with Crippen molar-refractivity contribution in [3.8, 4) is 0 Å². The van der Waals surface area contributed by atoms with Gasteiger partial charge in [-0.2, -0.15) is 0 Å². The fraction of sp³-hybridized carbons (Fsp3) is 0.385. The molecule has 1 aliphatic carbocycles. The Morgan fingerprint density at radius 3 is 2.55 bits per heavy atom. The molecule has 0 unspecified atom stereocenters. The molecule has 1 aliphatic rings. The predicted octanol–water partition coefficient (Wildman–Crippen LogP) is 3.70. The molecule has 0 atom stereocenters. The van der Waals surface area contributed by atoms with Gasteiger partial charge in [-0.05, 0) is 30.5 Å². The van der Waals surface area contributed by atoms with E-state index in [-0.39, 0.29) is 6.61 Å². The van der Waals surface area contributed by atoms with E-state index in [4.69, 9.17) is 23.2 Å². The predicted molar refractivity (Wildman–Crippen MR) is 80.2 cm³/mol. The van der Waals surface area contributed by atoms with Crippen LogP contribution in [0.3, 0.4) is 0 Å². The number of thioether (sulfide) groups is 1. The number of hydrogen-bond acceptors (Lipinski definition) is 4. The molecule has 20 heavy (non-hydrogen) atoms. The van der Waals surface area contributed by atoms with Gasteiger partial charge in [0.1, 0.15) is 6.61 Å². The van der Waals surface area contributed by atoms with Crippen molar-refractivity contribution in [2.24, 2.45) is 0 Å². The van der Waals surface area contributed by atoms with Gasteiger partial charge in [0.2, 0.25) is 0 Å². The van der Waals surface area contributed by atoms with Crippen molar-refractivity contribution in [2.45, 2.75) is 36.4 Å². The van der Waals surface area contributed by atoms with Gasteiger partial charge in [-0.3, -0.25) is 0 Å². The van der Waals surface area contributed by atoms with Crippen LogP contribution in [0.4, 0.5) is 0 Å².